The summed E-state index contributed by atoms with van der Waals surface area (Å²) >= 11 is 0. The Hall–Kier alpha value is -1.86. The molecule has 0 radical (unpaired) electrons. The van der Waals surface area contributed by atoms with E-state index in [0.717, 1.165) is 26.2 Å². The number of nitrogens with two attached hydrogens (primary N) is 1. The van der Waals surface area contributed by atoms with Crippen LogP contribution in [0.3, 0.4) is 0 Å². The molecule has 91 heavy (non-hydrogen) atoms. The maximum Gasteiger partial charge on any atom is 0.230 e. The fraction of sp³-hybridized carbons (Fsp3) is 0.968. The fourth-order valence-corrected chi connectivity index (χ4v) is 7.34. The van der Waals surface area contributed by atoms with Crippen LogP contribution in [0, 0.1) is 5.92 Å². The number of amides is 1. The number of carbonyl (C=O) groups excluding carboxylic acids is 2. The second-order valence-electron chi connectivity index (χ2n) is 19.5. The topological polar surface area (TPSA) is 305 Å². The van der Waals surface area contributed by atoms with Crippen molar-refractivity contribution in [1.82, 2.24) is 5.32 Å². The first-order valence-corrected chi connectivity index (χ1v) is 33.4. The highest BCUT2D eigenvalue weighted by atomic mass is 16.6. The van der Waals surface area contributed by atoms with Crippen LogP contribution in [0.5, 0.6) is 0 Å². The van der Waals surface area contributed by atoms with E-state index in [2.05, 4.69) is 12.2 Å². The van der Waals surface area contributed by atoms with Gasteiger partial charge in [-0.25, -0.2) is 0 Å². The van der Waals surface area contributed by atoms with Crippen molar-refractivity contribution in [3.63, 3.8) is 0 Å². The zero-order valence-corrected chi connectivity index (χ0v) is 56.4. The van der Waals surface area contributed by atoms with Crippen molar-refractivity contribution in [1.29, 1.82) is 0 Å². The minimum atomic E-state index is -0.583. The summed E-state index contributed by atoms with van der Waals surface area (Å²) in [4.78, 5) is 23.7. The third-order valence-corrected chi connectivity index (χ3v) is 12.1. The Kier molecular flexibility index (Phi) is 88.3. The molecule has 0 aromatic carbocycles. The summed E-state index contributed by atoms with van der Waals surface area (Å²) in [6.45, 7) is 25.3. The second kappa shape index (κ2) is 88.1. The van der Waals surface area contributed by atoms with Crippen molar-refractivity contribution in [2.24, 2.45) is 11.7 Å². The molecular formula is C63H128N2O26. The van der Waals surface area contributed by atoms with E-state index in [9.17, 15) is 9.59 Å². The van der Waals surface area contributed by atoms with Crippen LogP contribution < -0.4 is 11.1 Å². The molecule has 0 rings (SSSR count). The van der Waals surface area contributed by atoms with Crippen LogP contribution in [-0.4, -0.2) is 341 Å². The van der Waals surface area contributed by atoms with Crippen LogP contribution >= 0.6 is 0 Å². The molecule has 0 aromatic heterocycles. The summed E-state index contributed by atoms with van der Waals surface area (Å²) in [6, 6.07) is 0. The minimum absolute atomic E-state index is 0.220. The minimum Gasteiger partial charge on any atom is -0.400 e. The number of hydrogen-bond acceptors (Lipinski definition) is 27. The quantitative estimate of drug-likeness (QED) is 0.0448. The second-order valence-corrected chi connectivity index (χ2v) is 19.5. The fourth-order valence-electron chi connectivity index (χ4n) is 7.34. The van der Waals surface area contributed by atoms with Crippen LogP contribution in [0.4, 0.5) is 0 Å². The van der Waals surface area contributed by atoms with Crippen molar-refractivity contribution in [3.8, 4) is 0 Å². The summed E-state index contributed by atoms with van der Waals surface area (Å²) in [5, 5.41) is 9.80. The van der Waals surface area contributed by atoms with Gasteiger partial charge in [-0.1, -0.05) is 64.7 Å². The average molecular weight is 1330 g/mol. The van der Waals surface area contributed by atoms with Gasteiger partial charge in [0.25, 0.3) is 0 Å². The van der Waals surface area contributed by atoms with Crippen LogP contribution in [0.25, 0.3) is 0 Å². The number of aldehydes is 1. The molecule has 546 valence electrons. The number of hydrogen-bond donors (Lipinski definition) is 3. The van der Waals surface area contributed by atoms with Gasteiger partial charge in [0, 0.05) is 20.2 Å². The predicted octanol–water partition coefficient (Wildman–Crippen LogP) is 2.79. The molecule has 0 spiro atoms. The summed E-state index contributed by atoms with van der Waals surface area (Å²) < 4.78 is 126. The molecular weight excluding hydrogens is 1200 g/mol. The molecule has 0 aliphatic carbocycles. The van der Waals surface area contributed by atoms with E-state index in [1.807, 2.05) is 0 Å². The van der Waals surface area contributed by atoms with Gasteiger partial charge in [-0.15, -0.1) is 0 Å². The molecule has 0 saturated heterocycles. The van der Waals surface area contributed by atoms with Gasteiger partial charge in [-0.2, -0.15) is 0 Å². The van der Waals surface area contributed by atoms with Crippen molar-refractivity contribution in [2.75, 3.05) is 324 Å². The van der Waals surface area contributed by atoms with E-state index in [4.69, 9.17) is 120 Å². The Morgan fingerprint density at radius 3 is 0.626 bits per heavy atom. The summed E-state index contributed by atoms with van der Waals surface area (Å²) in [7, 11) is 1.00. The monoisotopic (exact) mass is 1330 g/mol. The van der Waals surface area contributed by atoms with Crippen molar-refractivity contribution >= 4 is 12.2 Å². The van der Waals surface area contributed by atoms with Gasteiger partial charge >= 0.3 is 0 Å². The number of aliphatic hydroxyl groups excluding tert-OH is 1. The molecule has 0 bridgehead atoms. The molecule has 1 unspecified atom stereocenters. The lowest BCUT2D eigenvalue weighted by molar-refractivity contribution is -0.129. The Morgan fingerprint density at radius 2 is 0.451 bits per heavy atom. The molecule has 0 aromatic rings. The van der Waals surface area contributed by atoms with Gasteiger partial charge in [0.2, 0.25) is 5.91 Å². The lowest BCUT2D eigenvalue weighted by atomic mass is 10.0. The molecule has 28 heteroatoms. The van der Waals surface area contributed by atoms with Gasteiger partial charge in [-0.05, 0) is 6.42 Å². The molecule has 1 atom stereocenters. The van der Waals surface area contributed by atoms with Gasteiger partial charge in [-0.3, -0.25) is 4.79 Å². The maximum absolute atomic E-state index is 12.3. The number of aliphatic hydroxyl groups is 1. The van der Waals surface area contributed by atoms with Gasteiger partial charge < -0.3 is 130 Å². The van der Waals surface area contributed by atoms with Gasteiger partial charge in [0.1, 0.15) is 6.29 Å². The highest BCUT2D eigenvalue weighted by Crippen LogP contribution is 2.13. The van der Waals surface area contributed by atoms with Crippen LogP contribution in [0.2, 0.25) is 0 Å². The molecule has 0 aliphatic rings. The Bertz CT molecular complexity index is 1320. The third-order valence-electron chi connectivity index (χ3n) is 12.1. The van der Waals surface area contributed by atoms with E-state index < -0.39 is 5.92 Å². The first kappa shape index (κ1) is 91.2. The predicted molar refractivity (Wildman–Crippen MR) is 340 cm³/mol. The van der Waals surface area contributed by atoms with Crippen LogP contribution in [0.15, 0.2) is 0 Å². The Morgan fingerprint density at radius 1 is 0.286 bits per heavy atom. The first-order chi connectivity index (χ1) is 45.3. The number of nitrogens with one attached hydrogen (secondary N) is 1. The molecule has 0 heterocycles. The summed E-state index contributed by atoms with van der Waals surface area (Å²) in [5.74, 6) is -0.803. The Labute approximate surface area is 546 Å². The highest BCUT2D eigenvalue weighted by Gasteiger charge is 2.16. The van der Waals surface area contributed by atoms with E-state index >= 15 is 0 Å². The molecule has 4 N–H and O–H groups in total. The standard InChI is InChI=1S/C62H124N2O25.CH4O/c1-2-3-4-5-6-7-8-9-10-11-61(60-65)62(66)64-13-15-68-17-19-70-21-23-72-25-27-74-29-31-76-33-35-78-37-39-80-41-43-82-45-47-84-49-51-86-53-55-88-57-59-89-58-56-87-54-52-85-50-48-83-46-44-81-42-40-79-38-36-77-34-32-75-30-28-73-26-24-71-22-20-69-18-16-67-14-12-63;1-2/h60-61H,2-59,63H2,1H3,(H,64,66);2H,1H3. The molecule has 28 nitrogen and oxygen atoms in total. The molecule has 1 amide bonds. The van der Waals surface area contributed by atoms with E-state index in [1.165, 1.54) is 44.9 Å². The number of rotatable bonds is 83. The molecule has 0 fully saturated rings. The number of carbonyl (C=O) groups is 2. The lowest BCUT2D eigenvalue weighted by Crippen LogP contribution is -2.34. The zero-order valence-electron chi connectivity index (χ0n) is 56.4. The van der Waals surface area contributed by atoms with E-state index in [1.54, 1.807) is 0 Å². The normalized spacial score (nSPS) is 11.8. The van der Waals surface area contributed by atoms with Gasteiger partial charge in [0.15, 0.2) is 0 Å². The van der Waals surface area contributed by atoms with Crippen molar-refractivity contribution in [2.45, 2.75) is 71.1 Å². The lowest BCUT2D eigenvalue weighted by Gasteiger charge is -2.11. The largest absolute Gasteiger partial charge is 0.400 e. The van der Waals surface area contributed by atoms with Crippen LogP contribution in [-0.2, 0) is 119 Å². The SMILES string of the molecule is CCCCCCCCCCCC(C=O)C(=O)NCCOCCOCCOCCOCCOCCOCCOCCOCCOCCOCCOCCOCCOCCOCCOCCOCCOCCOCCOCCOCCOCCOCCOCCN.CO. The van der Waals surface area contributed by atoms with Gasteiger partial charge in [0.05, 0.1) is 310 Å². The van der Waals surface area contributed by atoms with E-state index in [0.29, 0.717) is 323 Å². The van der Waals surface area contributed by atoms with Crippen molar-refractivity contribution < 1.29 is 124 Å². The maximum atomic E-state index is 12.3. The highest BCUT2D eigenvalue weighted by molar-refractivity contribution is 5.91. The summed E-state index contributed by atoms with van der Waals surface area (Å²) in [5.41, 5.74) is 5.35. The smallest absolute Gasteiger partial charge is 0.230 e. The van der Waals surface area contributed by atoms with E-state index in [-0.39, 0.29) is 5.91 Å². The Balaban J connectivity index is 0. The number of ether oxygens (including phenoxy) is 23. The molecule has 0 saturated carbocycles. The summed E-state index contributed by atoms with van der Waals surface area (Å²) in [6.07, 6.45) is 12.2. The third kappa shape index (κ3) is 84.2. The number of unbranched alkanes of at least 4 members (excludes halogenated alkanes) is 8. The zero-order chi connectivity index (χ0) is 65.8. The average Bonchev–Trinajstić information content (AvgIpc) is 3.74. The molecule has 0 aliphatic heterocycles. The van der Waals surface area contributed by atoms with Crippen LogP contribution in [0.1, 0.15) is 71.1 Å². The van der Waals surface area contributed by atoms with Crippen molar-refractivity contribution in [3.05, 3.63) is 0 Å². The first-order valence-electron chi connectivity index (χ1n) is 33.4.